The number of rotatable bonds is 7. The summed E-state index contributed by atoms with van der Waals surface area (Å²) < 4.78 is 5.02. The first-order valence-corrected chi connectivity index (χ1v) is 8.11. The minimum atomic E-state index is 0.740. The lowest BCUT2D eigenvalue weighted by atomic mass is 10.1. The van der Waals surface area contributed by atoms with E-state index in [0.29, 0.717) is 0 Å². The Labute approximate surface area is 135 Å². The van der Waals surface area contributed by atoms with Gasteiger partial charge in [-0.15, -0.1) is 0 Å². The minimum absolute atomic E-state index is 0.740. The van der Waals surface area contributed by atoms with Gasteiger partial charge in [0, 0.05) is 35.0 Å². The fourth-order valence-electron chi connectivity index (χ4n) is 1.97. The summed E-state index contributed by atoms with van der Waals surface area (Å²) in [6.45, 7) is 4.63. The molecular formula is C17H20ClNOS. The SMILES string of the molecule is COCCNCc1ccc(Sc2ccc(Cl)cc2)c(C)c1. The number of halogens is 1. The van der Waals surface area contributed by atoms with Crippen molar-refractivity contribution in [2.45, 2.75) is 23.3 Å². The van der Waals surface area contributed by atoms with Crippen molar-refractivity contribution in [3.05, 3.63) is 58.6 Å². The van der Waals surface area contributed by atoms with Crippen LogP contribution in [0.25, 0.3) is 0 Å². The van der Waals surface area contributed by atoms with Crippen molar-refractivity contribution in [2.75, 3.05) is 20.3 Å². The lowest BCUT2D eigenvalue weighted by Crippen LogP contribution is -2.18. The standard InChI is InChI=1S/C17H20ClNOS/c1-13-11-14(12-19-9-10-20-2)3-8-17(13)21-16-6-4-15(18)5-7-16/h3-8,11,19H,9-10,12H2,1-2H3. The van der Waals surface area contributed by atoms with E-state index in [4.69, 9.17) is 16.3 Å². The molecule has 0 fully saturated rings. The Bertz CT molecular complexity index is 572. The van der Waals surface area contributed by atoms with Gasteiger partial charge in [-0.1, -0.05) is 35.5 Å². The summed E-state index contributed by atoms with van der Waals surface area (Å²) in [5, 5.41) is 4.13. The predicted octanol–water partition coefficient (Wildman–Crippen LogP) is 4.54. The average molecular weight is 322 g/mol. The van der Waals surface area contributed by atoms with Crippen LogP contribution in [-0.4, -0.2) is 20.3 Å². The van der Waals surface area contributed by atoms with E-state index in [1.165, 1.54) is 20.9 Å². The van der Waals surface area contributed by atoms with Crippen molar-refractivity contribution in [1.82, 2.24) is 5.32 Å². The third kappa shape index (κ3) is 5.36. The van der Waals surface area contributed by atoms with Crippen LogP contribution in [0.5, 0.6) is 0 Å². The summed E-state index contributed by atoms with van der Waals surface area (Å²) in [4.78, 5) is 2.48. The molecule has 1 N–H and O–H groups in total. The topological polar surface area (TPSA) is 21.3 Å². The molecule has 0 atom stereocenters. The average Bonchev–Trinajstić information content (AvgIpc) is 2.48. The molecule has 2 nitrogen and oxygen atoms in total. The number of hydrogen-bond acceptors (Lipinski definition) is 3. The monoisotopic (exact) mass is 321 g/mol. The van der Waals surface area contributed by atoms with E-state index in [1.807, 2.05) is 24.3 Å². The first-order chi connectivity index (χ1) is 10.2. The van der Waals surface area contributed by atoms with Gasteiger partial charge >= 0.3 is 0 Å². The lowest BCUT2D eigenvalue weighted by Gasteiger charge is -2.09. The van der Waals surface area contributed by atoms with Crippen molar-refractivity contribution < 1.29 is 4.74 Å². The minimum Gasteiger partial charge on any atom is -0.383 e. The Morgan fingerprint density at radius 3 is 2.57 bits per heavy atom. The van der Waals surface area contributed by atoms with Gasteiger partial charge in [-0.25, -0.2) is 0 Å². The summed E-state index contributed by atoms with van der Waals surface area (Å²) in [6.07, 6.45) is 0. The van der Waals surface area contributed by atoms with Crippen LogP contribution in [0.4, 0.5) is 0 Å². The van der Waals surface area contributed by atoms with Crippen molar-refractivity contribution in [3.63, 3.8) is 0 Å². The highest BCUT2D eigenvalue weighted by atomic mass is 35.5. The van der Waals surface area contributed by atoms with Crippen LogP contribution in [-0.2, 0) is 11.3 Å². The zero-order valence-electron chi connectivity index (χ0n) is 12.4. The van der Waals surface area contributed by atoms with E-state index in [-0.39, 0.29) is 0 Å². The highest BCUT2D eigenvalue weighted by Crippen LogP contribution is 2.31. The van der Waals surface area contributed by atoms with Gasteiger partial charge in [0.05, 0.1) is 6.61 Å². The third-order valence-electron chi connectivity index (χ3n) is 3.09. The molecule has 0 heterocycles. The maximum Gasteiger partial charge on any atom is 0.0587 e. The Morgan fingerprint density at radius 2 is 1.90 bits per heavy atom. The normalized spacial score (nSPS) is 10.8. The molecule has 0 saturated heterocycles. The molecule has 0 aromatic heterocycles. The summed E-state index contributed by atoms with van der Waals surface area (Å²) in [5.74, 6) is 0. The van der Waals surface area contributed by atoms with E-state index < -0.39 is 0 Å². The number of ether oxygens (including phenoxy) is 1. The van der Waals surface area contributed by atoms with Gasteiger partial charge in [0.25, 0.3) is 0 Å². The Kier molecular flexibility index (Phi) is 6.58. The van der Waals surface area contributed by atoms with Crippen molar-refractivity contribution in [2.24, 2.45) is 0 Å². The van der Waals surface area contributed by atoms with Crippen LogP contribution >= 0.6 is 23.4 Å². The molecule has 4 heteroatoms. The molecule has 2 aromatic carbocycles. The van der Waals surface area contributed by atoms with Gasteiger partial charge in [-0.3, -0.25) is 0 Å². The molecular weight excluding hydrogens is 302 g/mol. The highest BCUT2D eigenvalue weighted by Gasteiger charge is 2.03. The largest absolute Gasteiger partial charge is 0.383 e. The van der Waals surface area contributed by atoms with Crippen molar-refractivity contribution in [1.29, 1.82) is 0 Å². The fraction of sp³-hybridized carbons (Fsp3) is 0.294. The summed E-state index contributed by atoms with van der Waals surface area (Å²) in [5.41, 5.74) is 2.59. The molecule has 2 aromatic rings. The summed E-state index contributed by atoms with van der Waals surface area (Å²) in [6, 6.07) is 14.5. The third-order valence-corrected chi connectivity index (χ3v) is 4.53. The Morgan fingerprint density at radius 1 is 1.14 bits per heavy atom. The molecule has 0 saturated carbocycles. The molecule has 0 aliphatic heterocycles. The molecule has 21 heavy (non-hydrogen) atoms. The smallest absolute Gasteiger partial charge is 0.0587 e. The molecule has 0 spiro atoms. The number of aryl methyl sites for hydroxylation is 1. The first kappa shape index (κ1) is 16.4. The van der Waals surface area contributed by atoms with Crippen LogP contribution < -0.4 is 5.32 Å². The quantitative estimate of drug-likeness (QED) is 0.757. The second-order valence-electron chi connectivity index (χ2n) is 4.83. The highest BCUT2D eigenvalue weighted by molar-refractivity contribution is 7.99. The summed E-state index contributed by atoms with van der Waals surface area (Å²) >= 11 is 7.68. The van der Waals surface area contributed by atoms with Crippen LogP contribution in [0.15, 0.2) is 52.3 Å². The number of hydrogen-bond donors (Lipinski definition) is 1. The Balaban J connectivity index is 1.97. The van der Waals surface area contributed by atoms with Gasteiger partial charge in [0.1, 0.15) is 0 Å². The maximum atomic E-state index is 5.91. The summed E-state index contributed by atoms with van der Waals surface area (Å²) in [7, 11) is 1.72. The van der Waals surface area contributed by atoms with E-state index in [9.17, 15) is 0 Å². The van der Waals surface area contributed by atoms with Gasteiger partial charge in [0.15, 0.2) is 0 Å². The van der Waals surface area contributed by atoms with Gasteiger partial charge in [-0.05, 0) is 48.4 Å². The van der Waals surface area contributed by atoms with Crippen LogP contribution in [0.2, 0.25) is 5.02 Å². The van der Waals surface area contributed by atoms with E-state index in [1.54, 1.807) is 18.9 Å². The number of nitrogens with one attached hydrogen (secondary N) is 1. The molecule has 0 aliphatic carbocycles. The van der Waals surface area contributed by atoms with Crippen molar-refractivity contribution >= 4 is 23.4 Å². The van der Waals surface area contributed by atoms with Crippen LogP contribution in [0, 0.1) is 6.92 Å². The molecule has 0 bridgehead atoms. The molecule has 0 aliphatic rings. The van der Waals surface area contributed by atoms with Crippen molar-refractivity contribution in [3.8, 4) is 0 Å². The molecule has 112 valence electrons. The van der Waals surface area contributed by atoms with Crippen LogP contribution in [0.1, 0.15) is 11.1 Å². The second kappa shape index (κ2) is 8.44. The number of methoxy groups -OCH3 is 1. The van der Waals surface area contributed by atoms with Gasteiger partial charge in [0.2, 0.25) is 0 Å². The fourth-order valence-corrected chi connectivity index (χ4v) is 2.98. The first-order valence-electron chi connectivity index (χ1n) is 6.91. The van der Waals surface area contributed by atoms with Gasteiger partial charge in [-0.2, -0.15) is 0 Å². The van der Waals surface area contributed by atoms with Gasteiger partial charge < -0.3 is 10.1 Å². The molecule has 2 rings (SSSR count). The van der Waals surface area contributed by atoms with E-state index in [2.05, 4.69) is 30.4 Å². The molecule has 0 unspecified atom stereocenters. The predicted molar refractivity (Wildman–Crippen MR) is 90.3 cm³/mol. The zero-order valence-corrected chi connectivity index (χ0v) is 13.9. The lowest BCUT2D eigenvalue weighted by molar-refractivity contribution is 0.199. The Hall–Kier alpha value is -1.00. The zero-order chi connectivity index (χ0) is 15.1. The second-order valence-corrected chi connectivity index (χ2v) is 6.38. The number of benzene rings is 2. The maximum absolute atomic E-state index is 5.91. The molecule has 0 amide bonds. The van der Waals surface area contributed by atoms with E-state index in [0.717, 1.165) is 24.7 Å². The van der Waals surface area contributed by atoms with Crippen LogP contribution in [0.3, 0.4) is 0 Å². The molecule has 0 radical (unpaired) electrons. The van der Waals surface area contributed by atoms with E-state index >= 15 is 0 Å².